The number of nitrogens with zero attached hydrogens (tertiary/aromatic N) is 3. The Hall–Kier alpha value is -2.13. The predicted octanol–water partition coefficient (Wildman–Crippen LogP) is 1.38. The number of aliphatic hydroxyl groups excluding tert-OH is 1. The Labute approximate surface area is 146 Å². The molecule has 3 rings (SSSR count). The van der Waals surface area contributed by atoms with Crippen LogP contribution < -0.4 is 4.74 Å². The second kappa shape index (κ2) is 6.64. The number of nitro benzene ring substituents is 1. The highest BCUT2D eigenvalue weighted by Gasteiger charge is 2.42. The third-order valence-corrected chi connectivity index (χ3v) is 4.59. The van der Waals surface area contributed by atoms with Gasteiger partial charge in [-0.25, -0.2) is 0 Å². The minimum atomic E-state index is -1.13. The Kier molecular flexibility index (Phi) is 4.70. The van der Waals surface area contributed by atoms with E-state index in [-0.39, 0.29) is 29.1 Å². The molecule has 1 atom stereocenters. The van der Waals surface area contributed by atoms with E-state index >= 15 is 0 Å². The van der Waals surface area contributed by atoms with Crippen LogP contribution in [-0.2, 0) is 0 Å². The summed E-state index contributed by atoms with van der Waals surface area (Å²) in [6.07, 6.45) is -0.113. The van der Waals surface area contributed by atoms with Gasteiger partial charge in [0, 0.05) is 17.7 Å². The van der Waals surface area contributed by atoms with Crippen molar-refractivity contribution in [3.05, 3.63) is 33.4 Å². The first-order chi connectivity index (χ1) is 11.8. The number of amides is 1. The highest BCUT2D eigenvalue weighted by molar-refractivity contribution is 6.04. The van der Waals surface area contributed by atoms with Gasteiger partial charge in [-0.15, -0.1) is 0 Å². The Morgan fingerprint density at radius 3 is 2.56 bits per heavy atom. The normalized spacial score (nSPS) is 21.7. The zero-order valence-electron chi connectivity index (χ0n) is 14.2. The highest BCUT2D eigenvalue weighted by atomic mass is 16.6. The van der Waals surface area contributed by atoms with Crippen LogP contribution in [0.5, 0.6) is 5.75 Å². The van der Waals surface area contributed by atoms with E-state index in [1.807, 2.05) is 0 Å². The van der Waals surface area contributed by atoms with E-state index in [4.69, 9.17) is 12.7 Å². The molecule has 2 heterocycles. The Morgan fingerprint density at radius 1 is 1.36 bits per heavy atom. The first kappa shape index (κ1) is 17.7. The third-order valence-electron chi connectivity index (χ3n) is 4.59. The van der Waals surface area contributed by atoms with Crippen LogP contribution in [0.15, 0.2) is 12.1 Å². The van der Waals surface area contributed by atoms with Crippen molar-refractivity contribution in [3.8, 4) is 5.75 Å². The number of hydrogen-bond acceptors (Lipinski definition) is 6. The fourth-order valence-corrected chi connectivity index (χ4v) is 3.40. The van der Waals surface area contributed by atoms with Gasteiger partial charge in [0.15, 0.2) is 20.0 Å². The van der Waals surface area contributed by atoms with Gasteiger partial charge >= 0.3 is 5.69 Å². The smallest absolute Gasteiger partial charge is 0.311 e. The first-order valence-corrected chi connectivity index (χ1v) is 8.29. The molecule has 1 N–H and O–H groups in total. The van der Waals surface area contributed by atoms with Crippen molar-refractivity contribution in [2.45, 2.75) is 45.1 Å². The van der Waals surface area contributed by atoms with Crippen molar-refractivity contribution >= 4 is 19.6 Å². The van der Waals surface area contributed by atoms with Gasteiger partial charge in [-0.05, 0) is 45.8 Å². The largest absolute Gasteiger partial charge is 0.484 e. The maximum absolute atomic E-state index is 12.8. The summed E-state index contributed by atoms with van der Waals surface area (Å²) in [5, 5.41) is 22.0. The second-order valence-corrected chi connectivity index (χ2v) is 6.68. The maximum Gasteiger partial charge on any atom is 0.311 e. The number of carbonyl (C=O) groups is 1. The van der Waals surface area contributed by atoms with Gasteiger partial charge in [-0.2, -0.15) is 0 Å². The lowest BCUT2D eigenvalue weighted by Crippen LogP contribution is -2.45. The molecule has 8 nitrogen and oxygen atoms in total. The van der Waals surface area contributed by atoms with Crippen LogP contribution in [-0.4, -0.2) is 58.9 Å². The molecule has 0 bridgehead atoms. The molecular formula is C16H20BN3O5. The monoisotopic (exact) mass is 345 g/mol. The number of benzene rings is 1. The number of hydrogen-bond donors (Lipinski definition) is 1. The second-order valence-electron chi connectivity index (χ2n) is 6.68. The van der Waals surface area contributed by atoms with Gasteiger partial charge < -0.3 is 19.6 Å². The van der Waals surface area contributed by atoms with Crippen molar-refractivity contribution in [2.75, 3.05) is 13.1 Å². The number of piperidine rings is 1. The Balaban J connectivity index is 1.96. The summed E-state index contributed by atoms with van der Waals surface area (Å²) in [6.45, 7) is 4.76. The SMILES string of the molecule is [B]N1CCC(N2C(=O)c3cc([N+](=O)[O-])c(OC(C)C)cc3C2O)CC1. The molecule has 1 saturated heterocycles. The van der Waals surface area contributed by atoms with Crippen LogP contribution in [0.4, 0.5) is 5.69 Å². The lowest BCUT2D eigenvalue weighted by atomic mass is 10.0. The average molecular weight is 345 g/mol. The first-order valence-electron chi connectivity index (χ1n) is 8.29. The number of fused-ring (bicyclic) bond motifs is 1. The number of aliphatic hydroxyl groups is 1. The Morgan fingerprint density at radius 2 is 2.00 bits per heavy atom. The molecule has 0 spiro atoms. The van der Waals surface area contributed by atoms with E-state index in [0.717, 1.165) is 0 Å². The van der Waals surface area contributed by atoms with Gasteiger partial charge in [-0.1, -0.05) is 0 Å². The topological polar surface area (TPSA) is 96.2 Å². The zero-order valence-corrected chi connectivity index (χ0v) is 14.2. The summed E-state index contributed by atoms with van der Waals surface area (Å²) >= 11 is 0. The average Bonchev–Trinajstić information content (AvgIpc) is 2.78. The summed E-state index contributed by atoms with van der Waals surface area (Å²) in [5.41, 5.74) is 0.235. The maximum atomic E-state index is 12.8. The fraction of sp³-hybridized carbons (Fsp3) is 0.562. The Bertz CT molecular complexity index is 703. The molecule has 0 aromatic heterocycles. The summed E-state index contributed by atoms with van der Waals surface area (Å²) < 4.78 is 5.50. The van der Waals surface area contributed by atoms with Gasteiger partial charge in [0.05, 0.1) is 16.6 Å². The number of rotatable bonds is 4. The fourth-order valence-electron chi connectivity index (χ4n) is 3.40. The quantitative estimate of drug-likeness (QED) is 0.503. The zero-order chi connectivity index (χ0) is 18.3. The van der Waals surface area contributed by atoms with Crippen LogP contribution >= 0.6 is 0 Å². The van der Waals surface area contributed by atoms with Gasteiger partial charge in [0.25, 0.3) is 5.91 Å². The third kappa shape index (κ3) is 3.21. The van der Waals surface area contributed by atoms with Crippen molar-refractivity contribution in [1.82, 2.24) is 9.71 Å². The van der Waals surface area contributed by atoms with Gasteiger partial charge in [0.2, 0.25) is 0 Å². The molecule has 1 fully saturated rings. The standard InChI is InChI=1S/C16H20BN3O5/c1-9(2)25-14-8-12-11(7-13(14)20(23)24)15(21)19(16(12)22)10-3-5-18(17)6-4-10/h7-10,16,22H,3-6H2,1-2H3. The van der Waals surface area contributed by atoms with E-state index in [0.29, 0.717) is 31.5 Å². The van der Waals surface area contributed by atoms with Crippen LogP contribution in [0, 0.1) is 10.1 Å². The highest BCUT2D eigenvalue weighted by Crippen LogP contribution is 2.41. The number of nitro groups is 1. The van der Waals surface area contributed by atoms with Crippen molar-refractivity contribution in [2.24, 2.45) is 0 Å². The molecule has 9 heteroatoms. The van der Waals surface area contributed by atoms with Gasteiger partial charge in [-0.3, -0.25) is 14.9 Å². The summed E-state index contributed by atoms with van der Waals surface area (Å²) in [7, 11) is 5.74. The molecule has 1 aromatic carbocycles. The van der Waals surface area contributed by atoms with E-state index in [2.05, 4.69) is 0 Å². The summed E-state index contributed by atoms with van der Waals surface area (Å²) in [4.78, 5) is 26.6. The lowest BCUT2D eigenvalue weighted by Gasteiger charge is -2.37. The van der Waals surface area contributed by atoms with Gasteiger partial charge in [0.1, 0.15) is 0 Å². The molecule has 2 aliphatic rings. The number of ether oxygens (including phenoxy) is 1. The molecule has 2 radical (unpaired) electrons. The molecule has 25 heavy (non-hydrogen) atoms. The van der Waals surface area contributed by atoms with Crippen LogP contribution in [0.1, 0.15) is 48.8 Å². The van der Waals surface area contributed by atoms with E-state index in [1.165, 1.54) is 17.0 Å². The molecule has 1 unspecified atom stereocenters. The predicted molar refractivity (Wildman–Crippen MR) is 90.3 cm³/mol. The van der Waals surface area contributed by atoms with Crippen molar-refractivity contribution in [3.63, 3.8) is 0 Å². The lowest BCUT2D eigenvalue weighted by molar-refractivity contribution is -0.386. The summed E-state index contributed by atoms with van der Waals surface area (Å²) in [5.74, 6) is -0.332. The number of carbonyl (C=O) groups excluding carboxylic acids is 1. The van der Waals surface area contributed by atoms with E-state index in [1.54, 1.807) is 18.7 Å². The molecule has 0 aliphatic carbocycles. The van der Waals surface area contributed by atoms with E-state index < -0.39 is 17.1 Å². The minimum Gasteiger partial charge on any atom is -0.484 e. The molecular weight excluding hydrogens is 325 g/mol. The molecule has 2 aliphatic heterocycles. The molecule has 1 amide bonds. The summed E-state index contributed by atoms with van der Waals surface area (Å²) in [6, 6.07) is 2.47. The van der Waals surface area contributed by atoms with Crippen LogP contribution in [0.3, 0.4) is 0 Å². The molecule has 0 saturated carbocycles. The molecule has 132 valence electrons. The molecule has 1 aromatic rings. The minimum absolute atomic E-state index is 0.0595. The van der Waals surface area contributed by atoms with E-state index in [9.17, 15) is 20.0 Å². The van der Waals surface area contributed by atoms with Crippen LogP contribution in [0.25, 0.3) is 0 Å². The van der Waals surface area contributed by atoms with Crippen LogP contribution in [0.2, 0.25) is 0 Å². The van der Waals surface area contributed by atoms with Crippen molar-refractivity contribution < 1.29 is 19.6 Å². The van der Waals surface area contributed by atoms with Crippen molar-refractivity contribution in [1.29, 1.82) is 0 Å².